The molecule has 246 valence electrons. The van der Waals surface area contributed by atoms with Gasteiger partial charge in [0.1, 0.15) is 0 Å². The van der Waals surface area contributed by atoms with Crippen molar-refractivity contribution in [2.75, 3.05) is 13.2 Å². The molecule has 0 saturated heterocycles. The summed E-state index contributed by atoms with van der Waals surface area (Å²) in [7, 11) is 0. The first-order valence-electron chi connectivity index (χ1n) is 18.1. The van der Waals surface area contributed by atoms with Crippen molar-refractivity contribution in [3.8, 4) is 11.1 Å². The summed E-state index contributed by atoms with van der Waals surface area (Å²) in [5.41, 5.74) is 10.5. The Morgan fingerprint density at radius 1 is 0.804 bits per heavy atom. The number of fused-ring (bicyclic) bond motifs is 1. The lowest BCUT2D eigenvalue weighted by Crippen LogP contribution is -2.28. The Morgan fingerprint density at radius 2 is 1.43 bits per heavy atom. The van der Waals surface area contributed by atoms with Gasteiger partial charge in [0.25, 0.3) is 0 Å². The van der Waals surface area contributed by atoms with Crippen LogP contribution in [0.15, 0.2) is 78.9 Å². The van der Waals surface area contributed by atoms with Gasteiger partial charge in [0.2, 0.25) is 0 Å². The second kappa shape index (κ2) is 17.1. The van der Waals surface area contributed by atoms with Crippen molar-refractivity contribution in [1.82, 2.24) is 0 Å². The fourth-order valence-electron chi connectivity index (χ4n) is 7.87. The average Bonchev–Trinajstić information content (AvgIpc) is 3.09. The molecule has 2 unspecified atom stereocenters. The van der Waals surface area contributed by atoms with E-state index in [1.165, 1.54) is 98.4 Å². The number of ether oxygens (including phenoxy) is 1. The number of carbonyl (C=O) groups excluding carboxylic acids is 1. The Hall–Kier alpha value is -3.17. The number of hydrogen-bond donors (Lipinski definition) is 1. The van der Waals surface area contributed by atoms with E-state index in [9.17, 15) is 9.90 Å². The molecule has 2 aliphatic carbocycles. The van der Waals surface area contributed by atoms with Gasteiger partial charge in [-0.15, -0.1) is 0 Å². The predicted molar refractivity (Wildman–Crippen MR) is 191 cm³/mol. The van der Waals surface area contributed by atoms with Crippen LogP contribution in [0.3, 0.4) is 0 Å². The Morgan fingerprint density at radius 3 is 2.07 bits per heavy atom. The van der Waals surface area contributed by atoms with Gasteiger partial charge in [-0.3, -0.25) is 0 Å². The van der Waals surface area contributed by atoms with Crippen LogP contribution >= 0.6 is 0 Å². The summed E-state index contributed by atoms with van der Waals surface area (Å²) in [6, 6.07) is 25.6. The minimum Gasteiger partial charge on any atom is -0.462 e. The third-order valence-corrected chi connectivity index (χ3v) is 10.8. The van der Waals surface area contributed by atoms with Crippen molar-refractivity contribution < 1.29 is 14.6 Å². The Kier molecular flexibility index (Phi) is 12.7. The molecule has 3 aromatic rings. The lowest BCUT2D eigenvalue weighted by Gasteiger charge is -2.37. The van der Waals surface area contributed by atoms with Crippen LogP contribution in [0.1, 0.15) is 99.5 Å². The average molecular weight is 621 g/mol. The van der Waals surface area contributed by atoms with E-state index in [1.54, 1.807) is 18.1 Å². The molecular formula is C43H56O3. The molecule has 0 amide bonds. The largest absolute Gasteiger partial charge is 0.462 e. The molecule has 3 nitrogen and oxygen atoms in total. The minimum atomic E-state index is -0.355. The number of carbonyl (C=O) groups is 1. The van der Waals surface area contributed by atoms with E-state index in [-0.39, 0.29) is 18.5 Å². The molecule has 2 aliphatic rings. The molecule has 0 heterocycles. The van der Waals surface area contributed by atoms with E-state index in [0.29, 0.717) is 18.1 Å². The monoisotopic (exact) mass is 620 g/mol. The number of aliphatic hydroxyl groups excluding tert-OH is 1. The van der Waals surface area contributed by atoms with Crippen LogP contribution in [0.5, 0.6) is 0 Å². The quantitative estimate of drug-likeness (QED) is 0.105. The highest BCUT2D eigenvalue weighted by molar-refractivity contribution is 5.86. The molecular weight excluding hydrogens is 564 g/mol. The van der Waals surface area contributed by atoms with Gasteiger partial charge in [0.15, 0.2) is 0 Å². The Balaban J connectivity index is 1.05. The normalized spacial score (nSPS) is 20.1. The summed E-state index contributed by atoms with van der Waals surface area (Å²) in [6.45, 7) is 7.94. The molecule has 5 rings (SSSR count). The first kappa shape index (κ1) is 34.2. The predicted octanol–water partition coefficient (Wildman–Crippen LogP) is 9.90. The summed E-state index contributed by atoms with van der Waals surface area (Å²) in [4.78, 5) is 11.8. The maximum Gasteiger partial charge on any atom is 0.333 e. The van der Waals surface area contributed by atoms with Gasteiger partial charge in [-0.2, -0.15) is 0 Å². The second-order valence-corrected chi connectivity index (χ2v) is 14.4. The van der Waals surface area contributed by atoms with Crippen LogP contribution in [-0.4, -0.2) is 24.3 Å². The van der Waals surface area contributed by atoms with Crippen LogP contribution in [0, 0.1) is 23.7 Å². The second-order valence-electron chi connectivity index (χ2n) is 14.4. The number of unbranched alkanes of at least 4 members (excludes halogenated alkanes) is 2. The summed E-state index contributed by atoms with van der Waals surface area (Å²) >= 11 is 0. The smallest absolute Gasteiger partial charge is 0.333 e. The molecule has 0 aromatic heterocycles. The van der Waals surface area contributed by atoms with Gasteiger partial charge in [-0.1, -0.05) is 106 Å². The van der Waals surface area contributed by atoms with Crippen molar-refractivity contribution in [1.29, 1.82) is 0 Å². The standard InChI is InChI=1S/C43H56O3/c1-4-5-6-7-32-10-17-37(18-11-32)38-19-12-33(13-20-38)8-9-35-16-23-42-28-41(25-24-40(42)27-35)39-21-14-34(15-22-39)26-36(29-44)30-46-43(45)31(2)3/h10-13,16-20,23,27,34,36,39,41,44H,2,4-9,14-15,21-22,24-26,28-30H2,1,3H3. The van der Waals surface area contributed by atoms with Crippen LogP contribution < -0.4 is 0 Å². The van der Waals surface area contributed by atoms with Gasteiger partial charge in [-0.25, -0.2) is 4.79 Å². The zero-order valence-corrected chi connectivity index (χ0v) is 28.4. The number of aryl methyl sites for hydroxylation is 4. The van der Waals surface area contributed by atoms with Crippen LogP contribution in [0.4, 0.5) is 0 Å². The van der Waals surface area contributed by atoms with Crippen LogP contribution in [-0.2, 0) is 41.6 Å². The number of benzene rings is 3. The minimum absolute atomic E-state index is 0.0304. The SMILES string of the molecule is C=C(C)C(=O)OCC(CO)CC1CCC(C2CCc3cc(CCc4ccc(-c5ccc(CCCCC)cc5)cc4)ccc3C2)CC1. The van der Waals surface area contributed by atoms with Gasteiger partial charge < -0.3 is 9.84 Å². The fourth-order valence-corrected chi connectivity index (χ4v) is 7.87. The third kappa shape index (κ3) is 9.67. The van der Waals surface area contributed by atoms with E-state index in [0.717, 1.165) is 31.1 Å². The summed E-state index contributed by atoms with van der Waals surface area (Å²) in [5, 5.41) is 9.83. The van der Waals surface area contributed by atoms with Crippen molar-refractivity contribution >= 4 is 5.97 Å². The van der Waals surface area contributed by atoms with Crippen molar-refractivity contribution in [3.05, 3.63) is 107 Å². The first-order chi connectivity index (χ1) is 22.4. The van der Waals surface area contributed by atoms with E-state index >= 15 is 0 Å². The van der Waals surface area contributed by atoms with Gasteiger partial charge >= 0.3 is 5.97 Å². The molecule has 0 bridgehead atoms. The first-order valence-corrected chi connectivity index (χ1v) is 18.1. The van der Waals surface area contributed by atoms with E-state index in [1.807, 2.05) is 0 Å². The summed E-state index contributed by atoms with van der Waals surface area (Å²) < 4.78 is 5.33. The highest BCUT2D eigenvalue weighted by atomic mass is 16.5. The molecule has 1 fully saturated rings. The number of esters is 1. The molecule has 1 saturated carbocycles. The van der Waals surface area contributed by atoms with Gasteiger partial charge in [0, 0.05) is 18.1 Å². The number of rotatable bonds is 15. The molecule has 0 aliphatic heterocycles. The molecule has 3 heteroatoms. The maximum atomic E-state index is 11.8. The van der Waals surface area contributed by atoms with E-state index < -0.39 is 0 Å². The lowest BCUT2D eigenvalue weighted by molar-refractivity contribution is -0.140. The molecule has 0 radical (unpaired) electrons. The number of aliphatic hydroxyl groups is 1. The maximum absolute atomic E-state index is 11.8. The van der Waals surface area contributed by atoms with Crippen molar-refractivity contribution in [2.45, 2.75) is 104 Å². The molecule has 2 atom stereocenters. The van der Waals surface area contributed by atoms with Crippen molar-refractivity contribution in [2.24, 2.45) is 23.7 Å². The topological polar surface area (TPSA) is 46.5 Å². The van der Waals surface area contributed by atoms with Crippen LogP contribution in [0.25, 0.3) is 11.1 Å². The fraction of sp³-hybridized carbons (Fsp3) is 0.512. The lowest BCUT2D eigenvalue weighted by atomic mass is 9.68. The van der Waals surface area contributed by atoms with Crippen molar-refractivity contribution in [3.63, 3.8) is 0 Å². The number of hydrogen-bond acceptors (Lipinski definition) is 3. The third-order valence-electron chi connectivity index (χ3n) is 10.8. The van der Waals surface area contributed by atoms with Crippen LogP contribution in [0.2, 0.25) is 0 Å². The highest BCUT2D eigenvalue weighted by Gasteiger charge is 2.31. The molecule has 0 spiro atoms. The molecule has 1 N–H and O–H groups in total. The summed E-state index contributed by atoms with van der Waals surface area (Å²) in [6.07, 6.45) is 16.9. The summed E-state index contributed by atoms with van der Waals surface area (Å²) in [5.74, 6) is 1.90. The van der Waals surface area contributed by atoms with E-state index in [4.69, 9.17) is 4.74 Å². The Labute approximate surface area is 278 Å². The Bertz CT molecular complexity index is 1390. The zero-order valence-electron chi connectivity index (χ0n) is 28.4. The van der Waals surface area contributed by atoms with E-state index in [2.05, 4.69) is 80.2 Å². The molecule has 3 aromatic carbocycles. The highest BCUT2D eigenvalue weighted by Crippen LogP contribution is 2.41. The molecule has 46 heavy (non-hydrogen) atoms. The van der Waals surface area contributed by atoms with Gasteiger partial charge in [-0.05, 0) is 128 Å². The zero-order chi connectivity index (χ0) is 32.3. The van der Waals surface area contributed by atoms with Gasteiger partial charge in [0.05, 0.1) is 6.61 Å².